The molecule has 2 aromatic rings. The zero-order chi connectivity index (χ0) is 15.3. The summed E-state index contributed by atoms with van der Waals surface area (Å²) in [6.07, 6.45) is 1.37. The average Bonchev–Trinajstić information content (AvgIpc) is 2.41. The Bertz CT molecular complexity index is 826. The molecule has 0 atom stereocenters. The predicted octanol–water partition coefficient (Wildman–Crippen LogP) is 3.07. The van der Waals surface area contributed by atoms with Crippen molar-refractivity contribution in [2.45, 2.75) is 31.2 Å². The maximum Gasteiger partial charge on any atom is 0.341 e. The van der Waals surface area contributed by atoms with Crippen LogP contribution in [0.3, 0.4) is 0 Å². The first-order chi connectivity index (χ1) is 9.91. The molecule has 0 aliphatic carbocycles. The molecule has 6 heteroatoms. The molecule has 0 amide bonds. The van der Waals surface area contributed by atoms with Crippen LogP contribution in [0, 0.1) is 5.82 Å². The highest BCUT2D eigenvalue weighted by Crippen LogP contribution is 2.39. The molecule has 4 nitrogen and oxygen atoms in total. The summed E-state index contributed by atoms with van der Waals surface area (Å²) in [4.78, 5) is 24.2. The maximum absolute atomic E-state index is 14.4. The Morgan fingerprint density at radius 1 is 1.48 bits per heavy atom. The van der Waals surface area contributed by atoms with Crippen molar-refractivity contribution >= 4 is 28.6 Å². The monoisotopic (exact) mass is 307 g/mol. The first-order valence-electron chi connectivity index (χ1n) is 6.67. The van der Waals surface area contributed by atoms with Crippen LogP contribution in [0.15, 0.2) is 22.0 Å². The van der Waals surface area contributed by atoms with Crippen molar-refractivity contribution in [3.63, 3.8) is 0 Å². The number of aromatic carboxylic acids is 1. The van der Waals surface area contributed by atoms with Crippen LogP contribution in [0.1, 0.15) is 35.7 Å². The van der Waals surface area contributed by atoms with E-state index in [9.17, 15) is 14.0 Å². The molecule has 0 radical (unpaired) electrons. The lowest BCUT2D eigenvalue weighted by molar-refractivity contribution is 0.0695. The van der Waals surface area contributed by atoms with E-state index >= 15 is 0 Å². The largest absolute Gasteiger partial charge is 0.477 e. The fourth-order valence-electron chi connectivity index (χ4n) is 2.77. The zero-order valence-electron chi connectivity index (χ0n) is 11.6. The number of rotatable bonds is 2. The standard InChI is InChI=1S/C15H14FNO3S/c1-7(2)11-10(16)5-8-12-14(11)21-4-3-17(12)6-9(13(8)18)15(19)20/h5-7H,3-4H2,1-2H3,(H,19,20). The molecule has 110 valence electrons. The second kappa shape index (κ2) is 4.87. The Balaban J connectivity index is 2.52. The zero-order valence-corrected chi connectivity index (χ0v) is 12.5. The summed E-state index contributed by atoms with van der Waals surface area (Å²) in [5, 5.41) is 9.28. The smallest absolute Gasteiger partial charge is 0.341 e. The number of carboxylic acids is 1. The van der Waals surface area contributed by atoms with E-state index in [1.807, 2.05) is 13.8 Å². The van der Waals surface area contributed by atoms with Crippen molar-refractivity contribution in [3.05, 3.63) is 39.4 Å². The second-order valence-corrected chi connectivity index (χ2v) is 6.48. The third-order valence-electron chi connectivity index (χ3n) is 3.69. The summed E-state index contributed by atoms with van der Waals surface area (Å²) < 4.78 is 16.1. The van der Waals surface area contributed by atoms with Gasteiger partial charge in [-0.05, 0) is 12.0 Å². The van der Waals surface area contributed by atoms with Crippen LogP contribution >= 0.6 is 11.8 Å². The number of carboxylic acid groups (broad SMARTS) is 1. The lowest BCUT2D eigenvalue weighted by atomic mass is 9.99. The number of hydrogen-bond donors (Lipinski definition) is 1. The SMILES string of the molecule is CC(C)c1c(F)cc2c(=O)c(C(=O)O)cn3c2c1SCC3. The molecule has 0 saturated carbocycles. The minimum atomic E-state index is -1.28. The molecule has 1 aliphatic heterocycles. The summed E-state index contributed by atoms with van der Waals surface area (Å²) in [7, 11) is 0. The van der Waals surface area contributed by atoms with Gasteiger partial charge in [0.25, 0.3) is 0 Å². The number of nitrogens with zero attached hydrogens (tertiary/aromatic N) is 1. The molecule has 1 aromatic carbocycles. The molecule has 0 spiro atoms. The molecule has 0 saturated heterocycles. The molecule has 21 heavy (non-hydrogen) atoms. The molecule has 2 heterocycles. The molecule has 0 fully saturated rings. The molecule has 3 rings (SSSR count). The van der Waals surface area contributed by atoms with Gasteiger partial charge in [-0.25, -0.2) is 9.18 Å². The van der Waals surface area contributed by atoms with Crippen LogP contribution in [0.5, 0.6) is 0 Å². The molecular weight excluding hydrogens is 293 g/mol. The minimum absolute atomic E-state index is 0.00213. The summed E-state index contributed by atoms with van der Waals surface area (Å²) in [5.74, 6) is -0.989. The highest BCUT2D eigenvalue weighted by molar-refractivity contribution is 7.99. The fraction of sp³-hybridized carbons (Fsp3) is 0.333. The Hall–Kier alpha value is -1.82. The highest BCUT2D eigenvalue weighted by atomic mass is 32.2. The topological polar surface area (TPSA) is 59.3 Å². The Morgan fingerprint density at radius 2 is 2.19 bits per heavy atom. The third kappa shape index (κ3) is 2.05. The molecule has 0 bridgehead atoms. The van der Waals surface area contributed by atoms with Gasteiger partial charge < -0.3 is 9.67 Å². The van der Waals surface area contributed by atoms with Gasteiger partial charge in [-0.2, -0.15) is 0 Å². The Kier molecular flexibility index (Phi) is 3.28. The molecule has 1 aromatic heterocycles. The van der Waals surface area contributed by atoms with Crippen molar-refractivity contribution in [2.75, 3.05) is 5.75 Å². The van der Waals surface area contributed by atoms with Crippen LogP contribution in [-0.4, -0.2) is 21.4 Å². The summed E-state index contributed by atoms with van der Waals surface area (Å²) in [6.45, 7) is 4.42. The molecular formula is C15H14FNO3S. The van der Waals surface area contributed by atoms with Crippen LogP contribution in [0.2, 0.25) is 0 Å². The number of carbonyl (C=O) groups is 1. The van der Waals surface area contributed by atoms with Gasteiger partial charge in [0.1, 0.15) is 11.4 Å². The number of aromatic nitrogens is 1. The van der Waals surface area contributed by atoms with Crippen LogP contribution in [-0.2, 0) is 6.54 Å². The van der Waals surface area contributed by atoms with Crippen LogP contribution in [0.4, 0.5) is 4.39 Å². The number of benzene rings is 1. The van der Waals surface area contributed by atoms with Gasteiger partial charge >= 0.3 is 5.97 Å². The van der Waals surface area contributed by atoms with Gasteiger partial charge in [-0.3, -0.25) is 4.79 Å². The number of hydrogen-bond acceptors (Lipinski definition) is 3. The van der Waals surface area contributed by atoms with Gasteiger partial charge in [0, 0.05) is 29.0 Å². The van der Waals surface area contributed by atoms with Crippen LogP contribution in [0.25, 0.3) is 10.9 Å². The van der Waals surface area contributed by atoms with E-state index in [1.165, 1.54) is 24.0 Å². The second-order valence-electron chi connectivity index (χ2n) is 5.37. The van der Waals surface area contributed by atoms with E-state index in [0.29, 0.717) is 17.6 Å². The highest BCUT2D eigenvalue weighted by Gasteiger charge is 2.25. The normalized spacial score (nSPS) is 13.9. The van der Waals surface area contributed by atoms with E-state index in [-0.39, 0.29) is 16.9 Å². The van der Waals surface area contributed by atoms with Crippen molar-refractivity contribution in [1.82, 2.24) is 4.57 Å². The van der Waals surface area contributed by atoms with Gasteiger partial charge in [-0.15, -0.1) is 11.8 Å². The van der Waals surface area contributed by atoms with Crippen molar-refractivity contribution in [2.24, 2.45) is 0 Å². The summed E-state index contributed by atoms with van der Waals surface area (Å²) >= 11 is 1.53. The molecule has 1 aliphatic rings. The lowest BCUT2D eigenvalue weighted by Gasteiger charge is -2.24. The number of halogens is 1. The van der Waals surface area contributed by atoms with E-state index < -0.39 is 17.2 Å². The Labute approximate surface area is 124 Å². The summed E-state index contributed by atoms with van der Waals surface area (Å²) in [5.41, 5.74) is 0.332. The quantitative estimate of drug-likeness (QED) is 0.926. The number of aryl methyl sites for hydroxylation is 1. The van der Waals surface area contributed by atoms with E-state index in [1.54, 1.807) is 4.57 Å². The minimum Gasteiger partial charge on any atom is -0.477 e. The van der Waals surface area contributed by atoms with Crippen molar-refractivity contribution in [1.29, 1.82) is 0 Å². The third-order valence-corrected chi connectivity index (χ3v) is 4.78. The van der Waals surface area contributed by atoms with Gasteiger partial charge in [0.05, 0.1) is 10.9 Å². The van der Waals surface area contributed by atoms with Crippen molar-refractivity contribution in [3.8, 4) is 0 Å². The predicted molar refractivity (Wildman–Crippen MR) is 79.9 cm³/mol. The summed E-state index contributed by atoms with van der Waals surface area (Å²) in [6, 6.07) is 1.19. The number of pyridine rings is 1. The van der Waals surface area contributed by atoms with Gasteiger partial charge in [0.15, 0.2) is 0 Å². The van der Waals surface area contributed by atoms with E-state index in [0.717, 1.165) is 10.6 Å². The fourth-order valence-corrected chi connectivity index (χ4v) is 4.12. The van der Waals surface area contributed by atoms with E-state index in [4.69, 9.17) is 5.11 Å². The molecule has 1 N–H and O–H groups in total. The lowest BCUT2D eigenvalue weighted by Crippen LogP contribution is -2.22. The average molecular weight is 307 g/mol. The van der Waals surface area contributed by atoms with Crippen LogP contribution < -0.4 is 5.43 Å². The van der Waals surface area contributed by atoms with Gasteiger partial charge in [0.2, 0.25) is 5.43 Å². The number of thioether (sulfide) groups is 1. The molecule has 0 unspecified atom stereocenters. The Morgan fingerprint density at radius 3 is 2.81 bits per heavy atom. The van der Waals surface area contributed by atoms with Crippen molar-refractivity contribution < 1.29 is 14.3 Å². The van der Waals surface area contributed by atoms with E-state index in [2.05, 4.69) is 0 Å². The first kappa shape index (κ1) is 14.1. The maximum atomic E-state index is 14.4. The first-order valence-corrected chi connectivity index (χ1v) is 7.66. The van der Waals surface area contributed by atoms with Gasteiger partial charge in [-0.1, -0.05) is 13.8 Å².